The number of nitrogens with one attached hydrogen (secondary N) is 1. The first kappa shape index (κ1) is 11.3. The molecule has 0 amide bonds. The maximum absolute atomic E-state index is 9.74. The molecule has 0 saturated heterocycles. The highest BCUT2D eigenvalue weighted by Crippen LogP contribution is 2.41. The Labute approximate surface area is 96.1 Å². The molecule has 1 aromatic rings. The normalized spacial score (nSPS) is 19.1. The molecule has 0 bridgehead atoms. The fraction of sp³-hybridized carbons (Fsp3) is 0.538. The van der Waals surface area contributed by atoms with Gasteiger partial charge >= 0.3 is 0 Å². The van der Waals surface area contributed by atoms with Crippen LogP contribution in [-0.2, 0) is 6.42 Å². The van der Waals surface area contributed by atoms with Gasteiger partial charge < -0.3 is 15.5 Å². The monoisotopic (exact) mass is 221 g/mol. The van der Waals surface area contributed by atoms with E-state index in [2.05, 4.69) is 19.2 Å². The van der Waals surface area contributed by atoms with Gasteiger partial charge in [0.15, 0.2) is 11.5 Å². The van der Waals surface area contributed by atoms with Crippen LogP contribution in [0.25, 0.3) is 0 Å². The van der Waals surface area contributed by atoms with E-state index in [9.17, 15) is 10.2 Å². The summed E-state index contributed by atoms with van der Waals surface area (Å²) >= 11 is 0. The molecule has 0 aliphatic heterocycles. The third kappa shape index (κ3) is 2.00. The quantitative estimate of drug-likeness (QED) is 0.685. The molecule has 0 spiro atoms. The van der Waals surface area contributed by atoms with Crippen molar-refractivity contribution in [3.05, 3.63) is 23.3 Å². The molecule has 3 heteroatoms. The van der Waals surface area contributed by atoms with E-state index in [1.807, 2.05) is 6.07 Å². The molecular weight excluding hydrogens is 202 g/mol. The van der Waals surface area contributed by atoms with Gasteiger partial charge in [0.2, 0.25) is 0 Å². The van der Waals surface area contributed by atoms with E-state index in [1.54, 1.807) is 6.07 Å². The van der Waals surface area contributed by atoms with Gasteiger partial charge in [-0.3, -0.25) is 0 Å². The highest BCUT2D eigenvalue weighted by molar-refractivity contribution is 5.52. The number of fused-ring (bicyclic) bond motifs is 1. The van der Waals surface area contributed by atoms with Crippen molar-refractivity contribution >= 4 is 0 Å². The van der Waals surface area contributed by atoms with Crippen molar-refractivity contribution in [1.82, 2.24) is 5.32 Å². The number of benzene rings is 1. The first-order chi connectivity index (χ1) is 7.59. The first-order valence-corrected chi connectivity index (χ1v) is 5.86. The molecule has 2 rings (SSSR count). The topological polar surface area (TPSA) is 52.5 Å². The van der Waals surface area contributed by atoms with Crippen LogP contribution in [-0.4, -0.2) is 22.8 Å². The van der Waals surface area contributed by atoms with Gasteiger partial charge in [0, 0.05) is 18.2 Å². The van der Waals surface area contributed by atoms with Gasteiger partial charge in [-0.25, -0.2) is 0 Å². The lowest BCUT2D eigenvalue weighted by atomic mass is 10.0. The maximum atomic E-state index is 9.74. The van der Waals surface area contributed by atoms with E-state index < -0.39 is 0 Å². The average Bonchev–Trinajstić information content (AvgIpc) is 2.64. The van der Waals surface area contributed by atoms with Crippen LogP contribution in [0.3, 0.4) is 0 Å². The lowest BCUT2D eigenvalue weighted by molar-refractivity contribution is 0.400. The van der Waals surface area contributed by atoms with E-state index in [4.69, 9.17) is 0 Å². The number of rotatable bonds is 3. The van der Waals surface area contributed by atoms with Gasteiger partial charge in [-0.15, -0.1) is 0 Å². The van der Waals surface area contributed by atoms with Gasteiger partial charge in [0.05, 0.1) is 0 Å². The predicted octanol–water partition coefficient (Wildman–Crippen LogP) is 2.13. The molecule has 0 heterocycles. The lowest BCUT2D eigenvalue weighted by Crippen LogP contribution is -2.27. The van der Waals surface area contributed by atoms with Crippen LogP contribution in [0.5, 0.6) is 11.5 Å². The Morgan fingerprint density at radius 3 is 2.81 bits per heavy atom. The zero-order valence-corrected chi connectivity index (χ0v) is 9.83. The van der Waals surface area contributed by atoms with E-state index in [-0.39, 0.29) is 11.5 Å². The number of phenolic OH excluding ortho intramolecular Hbond substituents is 2. The zero-order valence-electron chi connectivity index (χ0n) is 9.83. The molecule has 88 valence electrons. The maximum Gasteiger partial charge on any atom is 0.160 e. The molecule has 16 heavy (non-hydrogen) atoms. The Balaban J connectivity index is 2.17. The third-order valence-electron chi connectivity index (χ3n) is 3.25. The van der Waals surface area contributed by atoms with Gasteiger partial charge in [0.25, 0.3) is 0 Å². The minimum absolute atomic E-state index is 0.00350. The molecule has 1 atom stereocenters. The van der Waals surface area contributed by atoms with E-state index >= 15 is 0 Å². The molecule has 3 N–H and O–H groups in total. The third-order valence-corrected chi connectivity index (χ3v) is 3.25. The Hall–Kier alpha value is -1.22. The summed E-state index contributed by atoms with van der Waals surface area (Å²) in [5, 5.41) is 22.6. The molecule has 0 unspecified atom stereocenters. The molecule has 3 nitrogen and oxygen atoms in total. The fourth-order valence-corrected chi connectivity index (χ4v) is 2.35. The van der Waals surface area contributed by atoms with Crippen LogP contribution >= 0.6 is 0 Å². The van der Waals surface area contributed by atoms with E-state index in [0.29, 0.717) is 12.0 Å². The van der Waals surface area contributed by atoms with E-state index in [1.165, 1.54) is 5.56 Å². The van der Waals surface area contributed by atoms with Crippen molar-refractivity contribution in [3.8, 4) is 11.5 Å². The Morgan fingerprint density at radius 1 is 1.38 bits per heavy atom. The number of aromatic hydroxyl groups is 2. The molecule has 0 radical (unpaired) electrons. The van der Waals surface area contributed by atoms with Crippen molar-refractivity contribution in [3.63, 3.8) is 0 Å². The van der Waals surface area contributed by atoms with Crippen molar-refractivity contribution in [1.29, 1.82) is 0 Å². The fourth-order valence-electron chi connectivity index (χ4n) is 2.35. The molecule has 0 fully saturated rings. The van der Waals surface area contributed by atoms with Gasteiger partial charge in [0.1, 0.15) is 0 Å². The minimum atomic E-state index is -0.00350. The molecule has 1 aromatic carbocycles. The summed E-state index contributed by atoms with van der Waals surface area (Å²) in [5.41, 5.74) is 2.11. The highest BCUT2D eigenvalue weighted by Gasteiger charge is 2.25. The summed E-state index contributed by atoms with van der Waals surface area (Å²) in [6.45, 7) is 5.20. The lowest BCUT2D eigenvalue weighted by Gasteiger charge is -2.15. The summed E-state index contributed by atoms with van der Waals surface area (Å²) in [6, 6.07) is 4.00. The summed E-state index contributed by atoms with van der Waals surface area (Å²) in [5.74, 6) is 0.532. The second kappa shape index (κ2) is 4.34. The minimum Gasteiger partial charge on any atom is -0.504 e. The van der Waals surface area contributed by atoms with Crippen molar-refractivity contribution in [2.45, 2.75) is 38.6 Å². The average molecular weight is 221 g/mol. The predicted molar refractivity (Wildman–Crippen MR) is 64.0 cm³/mol. The number of hydrogen-bond acceptors (Lipinski definition) is 3. The number of hydrogen-bond donors (Lipinski definition) is 3. The smallest absolute Gasteiger partial charge is 0.160 e. The van der Waals surface area contributed by atoms with Crippen LogP contribution < -0.4 is 5.32 Å². The molecular formula is C13H19NO2. The summed E-state index contributed by atoms with van der Waals surface area (Å²) in [6.07, 6.45) is 1.91. The van der Waals surface area contributed by atoms with Crippen LogP contribution in [0, 0.1) is 0 Å². The molecule has 0 saturated carbocycles. The highest BCUT2D eigenvalue weighted by atomic mass is 16.3. The SMILES string of the molecule is CC(C)NC[C@H]1CCc2c1ccc(O)c2O. The number of phenols is 2. The van der Waals surface area contributed by atoms with Crippen LogP contribution in [0.15, 0.2) is 12.1 Å². The van der Waals surface area contributed by atoms with Crippen LogP contribution in [0.2, 0.25) is 0 Å². The largest absolute Gasteiger partial charge is 0.504 e. The van der Waals surface area contributed by atoms with Crippen molar-refractivity contribution in [2.75, 3.05) is 6.54 Å². The Kier molecular flexibility index (Phi) is 3.06. The van der Waals surface area contributed by atoms with Gasteiger partial charge in [-0.2, -0.15) is 0 Å². The molecule has 1 aliphatic carbocycles. The standard InChI is InChI=1S/C13H19NO2/c1-8(2)14-7-9-3-4-11-10(9)5-6-12(15)13(11)16/h5-6,8-9,14-16H,3-4,7H2,1-2H3/t9-/m1/s1. The van der Waals surface area contributed by atoms with Crippen LogP contribution in [0.4, 0.5) is 0 Å². The Bertz CT molecular complexity index is 388. The van der Waals surface area contributed by atoms with Gasteiger partial charge in [-0.05, 0) is 30.4 Å². The molecule has 1 aliphatic rings. The summed E-state index contributed by atoms with van der Waals surface area (Å²) in [7, 11) is 0. The second-order valence-electron chi connectivity index (χ2n) is 4.80. The molecule has 0 aromatic heterocycles. The summed E-state index contributed by atoms with van der Waals surface area (Å²) < 4.78 is 0. The van der Waals surface area contributed by atoms with Crippen molar-refractivity contribution in [2.24, 2.45) is 0 Å². The zero-order chi connectivity index (χ0) is 11.7. The van der Waals surface area contributed by atoms with Crippen molar-refractivity contribution < 1.29 is 10.2 Å². The van der Waals surface area contributed by atoms with Gasteiger partial charge in [-0.1, -0.05) is 19.9 Å². The Morgan fingerprint density at radius 2 is 2.12 bits per heavy atom. The summed E-state index contributed by atoms with van der Waals surface area (Å²) in [4.78, 5) is 0. The first-order valence-electron chi connectivity index (χ1n) is 5.86. The van der Waals surface area contributed by atoms with Crippen LogP contribution in [0.1, 0.15) is 37.3 Å². The second-order valence-corrected chi connectivity index (χ2v) is 4.80. The van der Waals surface area contributed by atoms with E-state index in [0.717, 1.165) is 24.9 Å².